The second-order valence-corrected chi connectivity index (χ2v) is 4.56. The third-order valence-corrected chi connectivity index (χ3v) is 2.80. The average molecular weight is 283 g/mol. The van der Waals surface area contributed by atoms with Gasteiger partial charge in [-0.3, -0.25) is 0 Å². The zero-order valence-electron chi connectivity index (χ0n) is 9.78. The highest BCUT2D eigenvalue weighted by Crippen LogP contribution is 2.28. The van der Waals surface area contributed by atoms with E-state index in [4.69, 9.17) is 27.9 Å². The summed E-state index contributed by atoms with van der Waals surface area (Å²) in [5.41, 5.74) is 1.01. The van der Waals surface area contributed by atoms with E-state index in [0.29, 0.717) is 28.2 Å². The van der Waals surface area contributed by atoms with Crippen molar-refractivity contribution in [3.63, 3.8) is 0 Å². The molecule has 1 aromatic carbocycles. The summed E-state index contributed by atoms with van der Waals surface area (Å²) in [7, 11) is 1.87. The molecule has 0 aliphatic heterocycles. The predicted octanol–water partition coefficient (Wildman–Crippen LogP) is 3.90. The largest absolute Gasteiger partial charge is 0.438 e. The van der Waals surface area contributed by atoms with Crippen molar-refractivity contribution in [2.45, 2.75) is 6.54 Å². The van der Waals surface area contributed by atoms with Gasteiger partial charge in [-0.25, -0.2) is 4.98 Å². The maximum absolute atomic E-state index is 6.10. The SMILES string of the molecule is CNCc1cnc(Oc2ccc(Cl)cc2)c(Cl)c1. The summed E-state index contributed by atoms with van der Waals surface area (Å²) in [5.74, 6) is 1.04. The quantitative estimate of drug-likeness (QED) is 0.924. The lowest BCUT2D eigenvalue weighted by atomic mass is 10.3. The van der Waals surface area contributed by atoms with Crippen LogP contribution in [0.5, 0.6) is 11.6 Å². The van der Waals surface area contributed by atoms with Gasteiger partial charge in [0.2, 0.25) is 5.88 Å². The van der Waals surface area contributed by atoms with Gasteiger partial charge in [0.1, 0.15) is 10.8 Å². The standard InChI is InChI=1S/C13H12Cl2N2O/c1-16-7-9-6-12(15)13(17-8-9)18-11-4-2-10(14)3-5-11/h2-6,8,16H,7H2,1H3. The molecule has 0 unspecified atom stereocenters. The number of hydrogen-bond acceptors (Lipinski definition) is 3. The van der Waals surface area contributed by atoms with E-state index in [1.165, 1.54) is 0 Å². The van der Waals surface area contributed by atoms with Crippen LogP contribution in [0.2, 0.25) is 10.0 Å². The number of aromatic nitrogens is 1. The van der Waals surface area contributed by atoms with Crippen LogP contribution in [0.1, 0.15) is 5.56 Å². The third-order valence-electron chi connectivity index (χ3n) is 2.27. The van der Waals surface area contributed by atoms with Crippen molar-refractivity contribution in [1.82, 2.24) is 10.3 Å². The lowest BCUT2D eigenvalue weighted by molar-refractivity contribution is 0.462. The summed E-state index contributed by atoms with van der Waals surface area (Å²) >= 11 is 11.9. The summed E-state index contributed by atoms with van der Waals surface area (Å²) in [6, 6.07) is 8.86. The summed E-state index contributed by atoms with van der Waals surface area (Å²) in [4.78, 5) is 4.19. The van der Waals surface area contributed by atoms with Crippen molar-refractivity contribution in [2.75, 3.05) is 7.05 Å². The molecule has 0 spiro atoms. The summed E-state index contributed by atoms with van der Waals surface area (Å²) in [5, 5.41) is 4.17. The number of pyridine rings is 1. The molecule has 0 atom stereocenters. The molecule has 1 aromatic heterocycles. The third kappa shape index (κ3) is 3.35. The highest BCUT2D eigenvalue weighted by atomic mass is 35.5. The Kier molecular flexibility index (Phi) is 4.42. The van der Waals surface area contributed by atoms with Gasteiger partial charge in [-0.05, 0) is 42.9 Å². The number of benzene rings is 1. The van der Waals surface area contributed by atoms with Crippen molar-refractivity contribution in [2.24, 2.45) is 0 Å². The molecular weight excluding hydrogens is 271 g/mol. The molecule has 1 heterocycles. The Bertz CT molecular complexity index is 529. The van der Waals surface area contributed by atoms with Crippen LogP contribution in [-0.4, -0.2) is 12.0 Å². The Labute approximate surface area is 116 Å². The number of nitrogens with zero attached hydrogens (tertiary/aromatic N) is 1. The van der Waals surface area contributed by atoms with Gasteiger partial charge in [-0.15, -0.1) is 0 Å². The van der Waals surface area contributed by atoms with Crippen LogP contribution in [0.3, 0.4) is 0 Å². The Morgan fingerprint density at radius 2 is 1.94 bits per heavy atom. The van der Waals surface area contributed by atoms with Gasteiger partial charge in [0.25, 0.3) is 0 Å². The smallest absolute Gasteiger partial charge is 0.238 e. The van der Waals surface area contributed by atoms with Gasteiger partial charge in [0.05, 0.1) is 0 Å². The molecule has 0 saturated carbocycles. The molecular formula is C13H12Cl2N2O. The second kappa shape index (κ2) is 6.05. The van der Waals surface area contributed by atoms with E-state index in [1.807, 2.05) is 13.1 Å². The Hall–Kier alpha value is -1.29. The number of halogens is 2. The zero-order valence-corrected chi connectivity index (χ0v) is 11.3. The first-order valence-corrected chi connectivity index (χ1v) is 6.17. The highest BCUT2D eigenvalue weighted by molar-refractivity contribution is 6.32. The molecule has 94 valence electrons. The molecule has 1 N–H and O–H groups in total. The molecule has 3 nitrogen and oxygen atoms in total. The first-order chi connectivity index (χ1) is 8.69. The maximum Gasteiger partial charge on any atom is 0.238 e. The fourth-order valence-corrected chi connectivity index (χ4v) is 1.81. The van der Waals surface area contributed by atoms with E-state index >= 15 is 0 Å². The van der Waals surface area contributed by atoms with Crippen LogP contribution in [-0.2, 0) is 6.54 Å². The van der Waals surface area contributed by atoms with Crippen molar-refractivity contribution in [3.8, 4) is 11.6 Å². The van der Waals surface area contributed by atoms with Crippen LogP contribution >= 0.6 is 23.2 Å². The maximum atomic E-state index is 6.10. The first-order valence-electron chi connectivity index (χ1n) is 5.41. The first kappa shape index (κ1) is 13.1. The monoisotopic (exact) mass is 282 g/mol. The van der Waals surface area contributed by atoms with E-state index in [9.17, 15) is 0 Å². The van der Waals surface area contributed by atoms with Gasteiger partial charge >= 0.3 is 0 Å². The van der Waals surface area contributed by atoms with Gasteiger partial charge in [0.15, 0.2) is 0 Å². The van der Waals surface area contributed by atoms with Crippen LogP contribution in [0.15, 0.2) is 36.5 Å². The Balaban J connectivity index is 2.16. The lowest BCUT2D eigenvalue weighted by Crippen LogP contribution is -2.05. The molecule has 0 aliphatic carbocycles. The topological polar surface area (TPSA) is 34.2 Å². The normalized spacial score (nSPS) is 10.4. The molecule has 0 fully saturated rings. The highest BCUT2D eigenvalue weighted by Gasteiger charge is 2.06. The molecule has 0 aliphatic rings. The van der Waals surface area contributed by atoms with E-state index < -0.39 is 0 Å². The van der Waals surface area contributed by atoms with Crippen molar-refractivity contribution >= 4 is 23.2 Å². The summed E-state index contributed by atoms with van der Waals surface area (Å²) in [6.07, 6.45) is 1.73. The number of nitrogens with one attached hydrogen (secondary N) is 1. The second-order valence-electron chi connectivity index (χ2n) is 3.72. The predicted molar refractivity (Wildman–Crippen MR) is 73.5 cm³/mol. The van der Waals surface area contributed by atoms with E-state index in [1.54, 1.807) is 30.5 Å². The van der Waals surface area contributed by atoms with E-state index in [-0.39, 0.29) is 0 Å². The molecule has 0 saturated heterocycles. The van der Waals surface area contributed by atoms with Gasteiger partial charge < -0.3 is 10.1 Å². The Morgan fingerprint density at radius 1 is 1.22 bits per heavy atom. The van der Waals surface area contributed by atoms with Crippen molar-refractivity contribution < 1.29 is 4.74 Å². The molecule has 18 heavy (non-hydrogen) atoms. The van der Waals surface area contributed by atoms with Gasteiger partial charge in [0, 0.05) is 17.8 Å². The molecule has 0 bridgehead atoms. The van der Waals surface area contributed by atoms with Crippen LogP contribution in [0, 0.1) is 0 Å². The number of ether oxygens (including phenoxy) is 1. The molecule has 2 aromatic rings. The minimum Gasteiger partial charge on any atom is -0.438 e. The van der Waals surface area contributed by atoms with E-state index in [0.717, 1.165) is 5.56 Å². The lowest BCUT2D eigenvalue weighted by Gasteiger charge is -2.08. The van der Waals surface area contributed by atoms with E-state index in [2.05, 4.69) is 10.3 Å². The van der Waals surface area contributed by atoms with Crippen LogP contribution in [0.25, 0.3) is 0 Å². The van der Waals surface area contributed by atoms with Crippen molar-refractivity contribution in [3.05, 3.63) is 52.1 Å². The van der Waals surface area contributed by atoms with Gasteiger partial charge in [-0.2, -0.15) is 0 Å². The molecule has 0 amide bonds. The van der Waals surface area contributed by atoms with Gasteiger partial charge in [-0.1, -0.05) is 23.2 Å². The molecule has 2 rings (SSSR count). The fourth-order valence-electron chi connectivity index (χ4n) is 1.46. The number of rotatable bonds is 4. The molecule has 0 radical (unpaired) electrons. The fraction of sp³-hybridized carbons (Fsp3) is 0.154. The van der Waals surface area contributed by atoms with Crippen LogP contribution in [0.4, 0.5) is 0 Å². The zero-order chi connectivity index (χ0) is 13.0. The minimum atomic E-state index is 0.388. The Morgan fingerprint density at radius 3 is 2.56 bits per heavy atom. The minimum absolute atomic E-state index is 0.388. The van der Waals surface area contributed by atoms with Crippen molar-refractivity contribution in [1.29, 1.82) is 0 Å². The number of hydrogen-bond donors (Lipinski definition) is 1. The average Bonchev–Trinajstić information content (AvgIpc) is 2.36. The molecule has 5 heteroatoms. The summed E-state index contributed by atoms with van der Waals surface area (Å²) < 4.78 is 5.58. The summed E-state index contributed by atoms with van der Waals surface area (Å²) in [6.45, 7) is 0.716. The van der Waals surface area contributed by atoms with Crippen LogP contribution < -0.4 is 10.1 Å².